The number of hydrogen-bond acceptors (Lipinski definition) is 5. The Bertz CT molecular complexity index is 654. The highest BCUT2D eigenvalue weighted by atomic mass is 15.3. The van der Waals surface area contributed by atoms with E-state index in [0.717, 1.165) is 11.5 Å². The maximum absolute atomic E-state index is 4.57. The smallest absolute Gasteiger partial charge is 0.244 e. The average molecular weight is 311 g/mol. The third-order valence-electron chi connectivity index (χ3n) is 4.43. The fraction of sp³-hybridized carbons (Fsp3) is 0.500. The Morgan fingerprint density at radius 2 is 1.70 bits per heavy atom. The second kappa shape index (κ2) is 6.94. The van der Waals surface area contributed by atoms with E-state index in [1.165, 1.54) is 48.8 Å². The number of benzene rings is 1. The summed E-state index contributed by atoms with van der Waals surface area (Å²) in [5.74, 6) is 1.35. The van der Waals surface area contributed by atoms with E-state index in [0.29, 0.717) is 12.0 Å². The second-order valence-corrected chi connectivity index (χ2v) is 6.54. The summed E-state index contributed by atoms with van der Waals surface area (Å²) in [6.45, 7) is 6.33. The predicted octanol–water partition coefficient (Wildman–Crippen LogP) is 4.29. The molecule has 0 radical (unpaired) electrons. The lowest BCUT2D eigenvalue weighted by atomic mass is 9.96. The molecule has 2 N–H and O–H groups in total. The molecule has 1 saturated carbocycles. The topological polar surface area (TPSA) is 62.7 Å². The third-order valence-corrected chi connectivity index (χ3v) is 4.43. The van der Waals surface area contributed by atoms with E-state index in [2.05, 4.69) is 58.7 Å². The Labute approximate surface area is 137 Å². The highest BCUT2D eigenvalue weighted by Gasteiger charge is 2.14. The fourth-order valence-corrected chi connectivity index (χ4v) is 3.36. The predicted molar refractivity (Wildman–Crippen MR) is 94.3 cm³/mol. The van der Waals surface area contributed by atoms with Gasteiger partial charge in [0.2, 0.25) is 5.95 Å². The minimum absolute atomic E-state index is 0.476. The number of hydrogen-bond donors (Lipinski definition) is 2. The third kappa shape index (κ3) is 3.97. The van der Waals surface area contributed by atoms with Crippen molar-refractivity contribution in [2.75, 3.05) is 10.6 Å². The SMILES string of the molecule is Cc1cc(C)c(Nc2cnnc(NC3CCCCC3)n2)c(C)c1. The van der Waals surface area contributed by atoms with E-state index >= 15 is 0 Å². The second-order valence-electron chi connectivity index (χ2n) is 6.54. The lowest BCUT2D eigenvalue weighted by molar-refractivity contribution is 0.460. The molecule has 2 aromatic rings. The van der Waals surface area contributed by atoms with Crippen molar-refractivity contribution in [1.29, 1.82) is 0 Å². The van der Waals surface area contributed by atoms with Gasteiger partial charge in [-0.05, 0) is 44.7 Å². The zero-order valence-electron chi connectivity index (χ0n) is 14.2. The Kier molecular flexibility index (Phi) is 4.74. The monoisotopic (exact) mass is 311 g/mol. The first-order valence-corrected chi connectivity index (χ1v) is 8.43. The minimum Gasteiger partial charge on any atom is -0.350 e. The van der Waals surface area contributed by atoms with E-state index < -0.39 is 0 Å². The number of nitrogens with one attached hydrogen (secondary N) is 2. The van der Waals surface area contributed by atoms with Gasteiger partial charge in [-0.25, -0.2) is 0 Å². The van der Waals surface area contributed by atoms with E-state index in [4.69, 9.17) is 0 Å². The van der Waals surface area contributed by atoms with Crippen molar-refractivity contribution >= 4 is 17.5 Å². The first-order chi connectivity index (χ1) is 11.1. The lowest BCUT2D eigenvalue weighted by Crippen LogP contribution is -2.23. The van der Waals surface area contributed by atoms with E-state index in [1.807, 2.05) is 0 Å². The van der Waals surface area contributed by atoms with Crippen LogP contribution in [-0.4, -0.2) is 21.2 Å². The molecule has 3 rings (SSSR count). The van der Waals surface area contributed by atoms with Crippen molar-refractivity contribution in [2.24, 2.45) is 0 Å². The Hall–Kier alpha value is -2.17. The summed E-state index contributed by atoms with van der Waals surface area (Å²) in [4.78, 5) is 4.57. The molecule has 0 aliphatic heterocycles. The molecule has 5 heteroatoms. The first-order valence-electron chi connectivity index (χ1n) is 8.43. The molecule has 23 heavy (non-hydrogen) atoms. The van der Waals surface area contributed by atoms with Crippen LogP contribution in [0, 0.1) is 20.8 Å². The van der Waals surface area contributed by atoms with Gasteiger partial charge in [0.15, 0.2) is 5.82 Å². The Balaban J connectivity index is 1.75. The fourth-order valence-electron chi connectivity index (χ4n) is 3.36. The zero-order chi connectivity index (χ0) is 16.2. The molecule has 1 aliphatic carbocycles. The molecule has 0 saturated heterocycles. The molecule has 0 unspecified atom stereocenters. The van der Waals surface area contributed by atoms with Crippen LogP contribution in [0.3, 0.4) is 0 Å². The van der Waals surface area contributed by atoms with Gasteiger partial charge in [0.25, 0.3) is 0 Å². The summed E-state index contributed by atoms with van der Waals surface area (Å²) >= 11 is 0. The number of rotatable bonds is 4. The van der Waals surface area contributed by atoms with Crippen molar-refractivity contribution in [3.05, 3.63) is 35.0 Å². The van der Waals surface area contributed by atoms with Gasteiger partial charge in [0, 0.05) is 11.7 Å². The molecule has 1 fully saturated rings. The summed E-state index contributed by atoms with van der Waals surface area (Å²) in [5, 5.41) is 15.0. The van der Waals surface area contributed by atoms with Crippen LogP contribution >= 0.6 is 0 Å². The van der Waals surface area contributed by atoms with Gasteiger partial charge < -0.3 is 10.6 Å². The molecule has 0 atom stereocenters. The van der Waals surface area contributed by atoms with Gasteiger partial charge in [-0.2, -0.15) is 10.1 Å². The lowest BCUT2D eigenvalue weighted by Gasteiger charge is -2.22. The molecular weight excluding hydrogens is 286 g/mol. The zero-order valence-corrected chi connectivity index (χ0v) is 14.2. The maximum atomic E-state index is 4.57. The summed E-state index contributed by atoms with van der Waals surface area (Å²) in [6.07, 6.45) is 7.96. The highest BCUT2D eigenvalue weighted by molar-refractivity contribution is 5.65. The molecular formula is C18H25N5. The normalized spacial score (nSPS) is 15.4. The molecule has 122 valence electrons. The average Bonchev–Trinajstić information content (AvgIpc) is 2.52. The molecule has 5 nitrogen and oxygen atoms in total. The van der Waals surface area contributed by atoms with Gasteiger partial charge in [0.05, 0.1) is 6.20 Å². The quantitative estimate of drug-likeness (QED) is 0.882. The van der Waals surface area contributed by atoms with Crippen LogP contribution in [0.4, 0.5) is 17.5 Å². The van der Waals surface area contributed by atoms with Gasteiger partial charge in [-0.15, -0.1) is 5.10 Å². The van der Waals surface area contributed by atoms with Gasteiger partial charge in [-0.1, -0.05) is 37.0 Å². The molecule has 1 heterocycles. The number of aryl methyl sites for hydroxylation is 3. The summed E-state index contributed by atoms with van der Waals surface area (Å²) in [7, 11) is 0. The first kappa shape index (κ1) is 15.7. The van der Waals surface area contributed by atoms with Crippen molar-refractivity contribution in [3.63, 3.8) is 0 Å². The molecule has 1 aromatic carbocycles. The van der Waals surface area contributed by atoms with Crippen LogP contribution in [0.5, 0.6) is 0 Å². The largest absolute Gasteiger partial charge is 0.350 e. The van der Waals surface area contributed by atoms with Crippen LogP contribution in [0.25, 0.3) is 0 Å². The summed E-state index contributed by atoms with van der Waals surface area (Å²) in [5.41, 5.74) is 4.79. The summed E-state index contributed by atoms with van der Waals surface area (Å²) in [6, 6.07) is 4.82. The number of nitrogens with zero attached hydrogens (tertiary/aromatic N) is 3. The van der Waals surface area contributed by atoms with Crippen molar-refractivity contribution in [2.45, 2.75) is 58.9 Å². The van der Waals surface area contributed by atoms with Crippen LogP contribution in [-0.2, 0) is 0 Å². The molecule has 0 spiro atoms. The van der Waals surface area contributed by atoms with E-state index in [1.54, 1.807) is 6.20 Å². The molecule has 1 aliphatic rings. The van der Waals surface area contributed by atoms with Crippen LogP contribution in [0.2, 0.25) is 0 Å². The Morgan fingerprint density at radius 1 is 1.00 bits per heavy atom. The standard InChI is InChI=1S/C18H25N5/c1-12-9-13(2)17(14(3)10-12)21-16-11-19-23-18(22-16)20-15-7-5-4-6-8-15/h9-11,15H,4-8H2,1-3H3,(H2,20,21,22,23). The number of anilines is 3. The molecule has 0 amide bonds. The van der Waals surface area contributed by atoms with Crippen molar-refractivity contribution in [3.8, 4) is 0 Å². The van der Waals surface area contributed by atoms with Crippen molar-refractivity contribution in [1.82, 2.24) is 15.2 Å². The van der Waals surface area contributed by atoms with E-state index in [9.17, 15) is 0 Å². The van der Waals surface area contributed by atoms with Crippen LogP contribution in [0.1, 0.15) is 48.8 Å². The summed E-state index contributed by atoms with van der Waals surface area (Å²) < 4.78 is 0. The molecule has 1 aromatic heterocycles. The van der Waals surface area contributed by atoms with Crippen LogP contribution < -0.4 is 10.6 Å². The van der Waals surface area contributed by atoms with Gasteiger partial charge in [0.1, 0.15) is 0 Å². The van der Waals surface area contributed by atoms with Gasteiger partial charge in [-0.3, -0.25) is 0 Å². The van der Waals surface area contributed by atoms with Gasteiger partial charge >= 0.3 is 0 Å². The number of aromatic nitrogens is 3. The Morgan fingerprint density at radius 3 is 2.39 bits per heavy atom. The minimum atomic E-state index is 0.476. The van der Waals surface area contributed by atoms with Crippen molar-refractivity contribution < 1.29 is 0 Å². The van der Waals surface area contributed by atoms with E-state index in [-0.39, 0.29) is 0 Å². The highest BCUT2D eigenvalue weighted by Crippen LogP contribution is 2.25. The molecule has 0 bridgehead atoms. The maximum Gasteiger partial charge on any atom is 0.244 e. The van der Waals surface area contributed by atoms with Crippen LogP contribution in [0.15, 0.2) is 18.3 Å².